The molecule has 0 bridgehead atoms. The van der Waals surface area contributed by atoms with Gasteiger partial charge in [-0.15, -0.1) is 0 Å². The smallest absolute Gasteiger partial charge is 0.152 e. The van der Waals surface area contributed by atoms with Gasteiger partial charge in [0.1, 0.15) is 5.82 Å². The van der Waals surface area contributed by atoms with Crippen molar-refractivity contribution < 1.29 is 9.18 Å². The molecule has 0 radical (unpaired) electrons. The van der Waals surface area contributed by atoms with E-state index in [0.717, 1.165) is 11.7 Å². The number of hydrogen-bond donors (Lipinski definition) is 1. The van der Waals surface area contributed by atoms with Crippen LogP contribution in [0.4, 0.5) is 4.39 Å². The molecule has 2 rings (SSSR count). The minimum Gasteiger partial charge on any atom is -0.359 e. The SMILES string of the molecule is O=Cc1c[nH]c2c(Br)c(F)ccc12. The number of aromatic nitrogens is 1. The summed E-state index contributed by atoms with van der Waals surface area (Å²) in [4.78, 5) is 13.4. The van der Waals surface area contributed by atoms with Gasteiger partial charge in [0, 0.05) is 17.1 Å². The zero-order valence-electron chi connectivity index (χ0n) is 6.47. The lowest BCUT2D eigenvalue weighted by atomic mass is 10.2. The second-order valence-corrected chi connectivity index (χ2v) is 3.44. The van der Waals surface area contributed by atoms with E-state index in [-0.39, 0.29) is 5.82 Å². The summed E-state index contributed by atoms with van der Waals surface area (Å²) in [5, 5.41) is 0.725. The van der Waals surface area contributed by atoms with Crippen LogP contribution in [0.15, 0.2) is 22.8 Å². The van der Waals surface area contributed by atoms with Crippen molar-refractivity contribution in [1.82, 2.24) is 4.98 Å². The third kappa shape index (κ3) is 1.18. The zero-order valence-corrected chi connectivity index (χ0v) is 8.06. The molecular weight excluding hydrogens is 237 g/mol. The highest BCUT2D eigenvalue weighted by atomic mass is 79.9. The maximum Gasteiger partial charge on any atom is 0.152 e. The Labute approximate surface area is 81.9 Å². The minimum atomic E-state index is -0.341. The molecule has 0 fully saturated rings. The Morgan fingerprint density at radius 3 is 2.92 bits per heavy atom. The van der Waals surface area contributed by atoms with Crippen molar-refractivity contribution in [3.8, 4) is 0 Å². The second-order valence-electron chi connectivity index (χ2n) is 2.65. The van der Waals surface area contributed by atoms with Crippen LogP contribution in [0.2, 0.25) is 0 Å². The molecule has 13 heavy (non-hydrogen) atoms. The van der Waals surface area contributed by atoms with Gasteiger partial charge in [-0.05, 0) is 28.1 Å². The average molecular weight is 242 g/mol. The second kappa shape index (κ2) is 2.96. The van der Waals surface area contributed by atoms with Gasteiger partial charge in [-0.3, -0.25) is 4.79 Å². The molecule has 0 saturated heterocycles. The molecule has 0 aliphatic heterocycles. The van der Waals surface area contributed by atoms with E-state index in [1.165, 1.54) is 6.07 Å². The quantitative estimate of drug-likeness (QED) is 0.766. The fourth-order valence-electron chi connectivity index (χ4n) is 1.26. The van der Waals surface area contributed by atoms with Gasteiger partial charge in [-0.2, -0.15) is 0 Å². The number of aldehydes is 1. The van der Waals surface area contributed by atoms with Crippen LogP contribution in [0.5, 0.6) is 0 Å². The number of aromatic amines is 1. The van der Waals surface area contributed by atoms with Crippen LogP contribution in [0.25, 0.3) is 10.9 Å². The molecule has 0 saturated carbocycles. The fourth-order valence-corrected chi connectivity index (χ4v) is 1.72. The largest absolute Gasteiger partial charge is 0.359 e. The maximum atomic E-state index is 13.0. The van der Waals surface area contributed by atoms with Gasteiger partial charge in [0.05, 0.1) is 9.99 Å². The van der Waals surface area contributed by atoms with E-state index in [1.807, 2.05) is 0 Å². The number of carbonyl (C=O) groups excluding carboxylic acids is 1. The van der Waals surface area contributed by atoms with E-state index in [0.29, 0.717) is 15.6 Å². The first-order chi connectivity index (χ1) is 6.24. The number of rotatable bonds is 1. The van der Waals surface area contributed by atoms with Crippen LogP contribution in [0.3, 0.4) is 0 Å². The number of nitrogens with one attached hydrogen (secondary N) is 1. The minimum absolute atomic E-state index is 0.341. The zero-order chi connectivity index (χ0) is 9.42. The first kappa shape index (κ1) is 8.44. The van der Waals surface area contributed by atoms with E-state index in [4.69, 9.17) is 0 Å². The Kier molecular flexibility index (Phi) is 1.92. The summed E-state index contributed by atoms with van der Waals surface area (Å²) < 4.78 is 13.4. The molecule has 66 valence electrons. The molecule has 0 aliphatic carbocycles. The molecular formula is C9H5BrFNO. The Hall–Kier alpha value is -1.16. The molecule has 1 heterocycles. The molecule has 0 spiro atoms. The van der Waals surface area contributed by atoms with Gasteiger partial charge in [0.25, 0.3) is 0 Å². The predicted molar refractivity (Wildman–Crippen MR) is 51.3 cm³/mol. The molecule has 0 unspecified atom stereocenters. The van der Waals surface area contributed by atoms with E-state index < -0.39 is 0 Å². The number of fused-ring (bicyclic) bond motifs is 1. The highest BCUT2D eigenvalue weighted by Gasteiger charge is 2.08. The highest BCUT2D eigenvalue weighted by molar-refractivity contribution is 9.10. The molecule has 2 nitrogen and oxygen atoms in total. The van der Waals surface area contributed by atoms with Crippen LogP contribution in [-0.4, -0.2) is 11.3 Å². The number of carbonyl (C=O) groups is 1. The molecule has 2 aromatic rings. The lowest BCUT2D eigenvalue weighted by Crippen LogP contribution is -1.79. The molecule has 1 aromatic heterocycles. The van der Waals surface area contributed by atoms with E-state index >= 15 is 0 Å². The Balaban J connectivity index is 2.88. The molecule has 0 aliphatic rings. The van der Waals surface area contributed by atoms with Gasteiger partial charge < -0.3 is 4.98 Å². The highest BCUT2D eigenvalue weighted by Crippen LogP contribution is 2.27. The molecule has 4 heteroatoms. The molecule has 0 amide bonds. The van der Waals surface area contributed by atoms with Gasteiger partial charge in [0.15, 0.2) is 6.29 Å². The Bertz CT molecular complexity index is 478. The van der Waals surface area contributed by atoms with Crippen molar-refractivity contribution >= 4 is 33.1 Å². The van der Waals surface area contributed by atoms with Crippen molar-refractivity contribution in [2.24, 2.45) is 0 Å². The number of benzene rings is 1. The van der Waals surface area contributed by atoms with Crippen molar-refractivity contribution in [1.29, 1.82) is 0 Å². The lowest BCUT2D eigenvalue weighted by molar-refractivity contribution is 0.112. The number of halogens is 2. The van der Waals surface area contributed by atoms with Crippen LogP contribution in [0, 0.1) is 5.82 Å². The first-order valence-electron chi connectivity index (χ1n) is 3.64. The van der Waals surface area contributed by atoms with Gasteiger partial charge in [-0.1, -0.05) is 0 Å². The van der Waals surface area contributed by atoms with E-state index in [2.05, 4.69) is 20.9 Å². The van der Waals surface area contributed by atoms with E-state index in [1.54, 1.807) is 12.3 Å². The Morgan fingerprint density at radius 1 is 1.46 bits per heavy atom. The third-order valence-electron chi connectivity index (χ3n) is 1.90. The summed E-state index contributed by atoms with van der Waals surface area (Å²) in [6.45, 7) is 0. The van der Waals surface area contributed by atoms with Crippen LogP contribution >= 0.6 is 15.9 Å². The molecule has 1 aromatic carbocycles. The summed E-state index contributed by atoms with van der Waals surface area (Å²) in [6.07, 6.45) is 2.30. The van der Waals surface area contributed by atoms with Crippen molar-refractivity contribution in [3.63, 3.8) is 0 Å². The summed E-state index contributed by atoms with van der Waals surface area (Å²) in [7, 11) is 0. The number of hydrogen-bond acceptors (Lipinski definition) is 1. The fraction of sp³-hybridized carbons (Fsp3) is 0. The van der Waals surface area contributed by atoms with Crippen LogP contribution < -0.4 is 0 Å². The first-order valence-corrected chi connectivity index (χ1v) is 4.43. The molecule has 0 atom stereocenters. The van der Waals surface area contributed by atoms with Gasteiger partial charge in [-0.25, -0.2) is 4.39 Å². The standard InChI is InChI=1S/C9H5BrFNO/c10-8-7(11)2-1-6-5(4-13)3-12-9(6)8/h1-4,12H. The van der Waals surface area contributed by atoms with Gasteiger partial charge >= 0.3 is 0 Å². The summed E-state index contributed by atoms with van der Waals surface area (Å²) in [5.41, 5.74) is 1.15. The average Bonchev–Trinajstić information content (AvgIpc) is 2.55. The Morgan fingerprint density at radius 2 is 2.23 bits per heavy atom. The summed E-state index contributed by atoms with van der Waals surface area (Å²) in [5.74, 6) is -0.341. The topological polar surface area (TPSA) is 32.9 Å². The van der Waals surface area contributed by atoms with Crippen LogP contribution in [-0.2, 0) is 0 Å². The summed E-state index contributed by atoms with van der Waals surface area (Å²) in [6, 6.07) is 2.91. The lowest BCUT2D eigenvalue weighted by Gasteiger charge is -1.95. The monoisotopic (exact) mass is 241 g/mol. The summed E-state index contributed by atoms with van der Waals surface area (Å²) >= 11 is 3.10. The van der Waals surface area contributed by atoms with Crippen molar-refractivity contribution in [2.75, 3.05) is 0 Å². The third-order valence-corrected chi connectivity index (χ3v) is 2.68. The normalized spacial score (nSPS) is 10.6. The van der Waals surface area contributed by atoms with Crippen molar-refractivity contribution in [2.45, 2.75) is 0 Å². The van der Waals surface area contributed by atoms with Crippen LogP contribution in [0.1, 0.15) is 10.4 Å². The number of H-pyrrole nitrogens is 1. The van der Waals surface area contributed by atoms with E-state index in [9.17, 15) is 9.18 Å². The predicted octanol–water partition coefficient (Wildman–Crippen LogP) is 2.88. The van der Waals surface area contributed by atoms with Crippen molar-refractivity contribution in [3.05, 3.63) is 34.2 Å². The molecule has 1 N–H and O–H groups in total. The van der Waals surface area contributed by atoms with Gasteiger partial charge in [0.2, 0.25) is 0 Å². The maximum absolute atomic E-state index is 13.0.